The minimum absolute atomic E-state index is 0.163. The van der Waals surface area contributed by atoms with E-state index in [9.17, 15) is 18.8 Å². The van der Waals surface area contributed by atoms with Gasteiger partial charge in [0.05, 0.1) is 5.56 Å². The van der Waals surface area contributed by atoms with Crippen LogP contribution in [-0.2, 0) is 9.59 Å². The van der Waals surface area contributed by atoms with Gasteiger partial charge in [0.2, 0.25) is 0 Å². The van der Waals surface area contributed by atoms with Gasteiger partial charge in [-0.05, 0) is 49.2 Å². The lowest BCUT2D eigenvalue weighted by molar-refractivity contribution is -0.418. The highest BCUT2D eigenvalue weighted by Gasteiger charge is 2.55. The largest absolute Gasteiger partial charge is 0.506 e. The molecule has 1 atom stereocenters. The first-order chi connectivity index (χ1) is 15.5. The van der Waals surface area contributed by atoms with Crippen molar-refractivity contribution in [2.24, 2.45) is 0 Å². The summed E-state index contributed by atoms with van der Waals surface area (Å²) in [6.45, 7) is 1.13. The van der Waals surface area contributed by atoms with Crippen molar-refractivity contribution < 1.29 is 28.1 Å². The number of anilines is 1. The third kappa shape index (κ3) is 3.45. The van der Waals surface area contributed by atoms with Gasteiger partial charge in [-0.15, -0.1) is 4.90 Å². The summed E-state index contributed by atoms with van der Waals surface area (Å²) in [5.41, 5.74) is 1.24. The molecule has 1 saturated heterocycles. The monoisotopic (exact) mass is 436 g/mol. The van der Waals surface area contributed by atoms with E-state index in [1.165, 1.54) is 28.8 Å². The summed E-state index contributed by atoms with van der Waals surface area (Å²) >= 11 is 0. The summed E-state index contributed by atoms with van der Waals surface area (Å²) in [5, 5.41) is 0. The topological polar surface area (TPSA) is 69.9 Å². The predicted molar refractivity (Wildman–Crippen MR) is 114 cm³/mol. The molecule has 3 aliphatic heterocycles. The smallest absolute Gasteiger partial charge is 0.469 e. The standard InChI is InChI=1S/C24H23FN3O4/c25-16-9-11-17(12-10-16)28-23(30)22-21(18-7-3-4-8-19(18)32-22)27(24(28)31)15-20(29)26-13-5-1-2-6-14-26/h3-4,7-12,22H,1-2,5-6,13-15H2/q+1. The number of urea groups is 1. The van der Waals surface area contributed by atoms with Crippen LogP contribution in [0.2, 0.25) is 0 Å². The number of fused-ring (bicyclic) bond motifs is 3. The number of halogens is 1. The first-order valence-electron chi connectivity index (χ1n) is 10.9. The second-order valence-electron chi connectivity index (χ2n) is 8.19. The molecule has 2 aromatic rings. The van der Waals surface area contributed by atoms with E-state index in [-0.39, 0.29) is 18.1 Å². The molecule has 1 fully saturated rings. The summed E-state index contributed by atoms with van der Waals surface area (Å²) in [6.07, 6.45) is 2.99. The zero-order valence-corrected chi connectivity index (χ0v) is 17.5. The Morgan fingerprint density at radius 2 is 1.69 bits per heavy atom. The molecule has 0 N–H and O–H groups in total. The van der Waals surface area contributed by atoms with Crippen LogP contribution in [0.5, 0.6) is 5.75 Å². The van der Waals surface area contributed by atoms with Crippen molar-refractivity contribution in [1.29, 1.82) is 0 Å². The van der Waals surface area contributed by atoms with Gasteiger partial charge in [-0.3, -0.25) is 4.79 Å². The predicted octanol–water partition coefficient (Wildman–Crippen LogP) is 2.96. The number of imide groups is 1. The van der Waals surface area contributed by atoms with Gasteiger partial charge >= 0.3 is 11.9 Å². The molecular formula is C24H23FN3O4+. The second kappa shape index (κ2) is 8.18. The Hall–Kier alpha value is -3.55. The molecule has 0 radical (unpaired) electrons. The highest BCUT2D eigenvalue weighted by molar-refractivity contribution is 6.29. The normalized spacial score (nSPS) is 20.6. The van der Waals surface area contributed by atoms with Crippen LogP contribution in [-0.4, -0.2) is 58.8 Å². The zero-order valence-electron chi connectivity index (χ0n) is 17.5. The molecule has 0 bridgehead atoms. The van der Waals surface area contributed by atoms with Gasteiger partial charge in [-0.25, -0.2) is 9.18 Å². The number of hydrogen-bond acceptors (Lipinski definition) is 4. The lowest BCUT2D eigenvalue weighted by Gasteiger charge is -2.25. The van der Waals surface area contributed by atoms with E-state index in [1.54, 1.807) is 29.2 Å². The molecular weight excluding hydrogens is 413 g/mol. The zero-order chi connectivity index (χ0) is 22.2. The fourth-order valence-corrected chi connectivity index (χ4v) is 4.53. The maximum absolute atomic E-state index is 13.6. The minimum atomic E-state index is -1.05. The molecule has 2 aromatic carbocycles. The average molecular weight is 436 g/mol. The van der Waals surface area contributed by atoms with Crippen molar-refractivity contribution in [2.75, 3.05) is 24.5 Å². The number of ether oxygens (including phenoxy) is 1. The van der Waals surface area contributed by atoms with Crippen molar-refractivity contribution in [3.05, 3.63) is 59.9 Å². The molecule has 3 aliphatic rings. The second-order valence-corrected chi connectivity index (χ2v) is 8.19. The first kappa shape index (κ1) is 20.4. The number of hydrogen-bond donors (Lipinski definition) is 0. The molecule has 0 aliphatic carbocycles. The number of benzene rings is 2. The Kier molecular flexibility index (Phi) is 5.20. The summed E-state index contributed by atoms with van der Waals surface area (Å²) in [7, 11) is 0. The Balaban J connectivity index is 1.57. The fraction of sp³-hybridized carbons (Fsp3) is 0.333. The van der Waals surface area contributed by atoms with E-state index in [2.05, 4.69) is 0 Å². The van der Waals surface area contributed by atoms with Crippen LogP contribution in [0.1, 0.15) is 31.2 Å². The molecule has 0 saturated carbocycles. The van der Waals surface area contributed by atoms with Crippen molar-refractivity contribution in [3.8, 4) is 5.75 Å². The number of amides is 4. The lowest BCUT2D eigenvalue weighted by atomic mass is 10.0. The Labute approximate surface area is 184 Å². The Morgan fingerprint density at radius 3 is 2.41 bits per heavy atom. The van der Waals surface area contributed by atoms with E-state index >= 15 is 0 Å². The van der Waals surface area contributed by atoms with Crippen LogP contribution < -0.4 is 9.64 Å². The van der Waals surface area contributed by atoms with Crippen LogP contribution in [0.25, 0.3) is 0 Å². The Bertz CT molecular complexity index is 1120. The molecule has 4 amide bonds. The summed E-state index contributed by atoms with van der Waals surface area (Å²) in [4.78, 5) is 42.8. The van der Waals surface area contributed by atoms with E-state index in [4.69, 9.17) is 4.74 Å². The lowest BCUT2D eigenvalue weighted by Crippen LogP contribution is -2.59. The van der Waals surface area contributed by atoms with Gasteiger partial charge < -0.3 is 9.64 Å². The van der Waals surface area contributed by atoms with Gasteiger partial charge in [0, 0.05) is 13.1 Å². The van der Waals surface area contributed by atoms with Crippen LogP contribution in [0.15, 0.2) is 48.5 Å². The molecule has 3 heterocycles. The van der Waals surface area contributed by atoms with E-state index in [1.807, 2.05) is 0 Å². The third-order valence-electron chi connectivity index (χ3n) is 6.15. The highest BCUT2D eigenvalue weighted by atomic mass is 19.1. The maximum atomic E-state index is 13.6. The number of likely N-dealkylation sites (tertiary alicyclic amines) is 1. The number of nitrogens with zero attached hydrogens (tertiary/aromatic N) is 3. The third-order valence-corrected chi connectivity index (χ3v) is 6.15. The Morgan fingerprint density at radius 1 is 1.00 bits per heavy atom. The van der Waals surface area contributed by atoms with Crippen LogP contribution >= 0.6 is 0 Å². The maximum Gasteiger partial charge on any atom is 0.506 e. The molecule has 0 aromatic heterocycles. The van der Waals surface area contributed by atoms with Gasteiger partial charge in [-0.2, -0.15) is 9.37 Å². The van der Waals surface area contributed by atoms with Crippen LogP contribution in [0, 0.1) is 5.82 Å². The molecule has 1 unspecified atom stereocenters. The first-order valence-corrected chi connectivity index (χ1v) is 10.9. The van der Waals surface area contributed by atoms with Crippen LogP contribution in [0.4, 0.5) is 14.9 Å². The van der Waals surface area contributed by atoms with Crippen LogP contribution in [0.3, 0.4) is 0 Å². The van der Waals surface area contributed by atoms with Crippen molar-refractivity contribution in [1.82, 2.24) is 4.90 Å². The number of carbonyl (C=O) groups excluding carboxylic acids is 3. The summed E-state index contributed by atoms with van der Waals surface area (Å²) in [5.74, 6) is -0.715. The fourth-order valence-electron chi connectivity index (χ4n) is 4.53. The molecule has 0 spiro atoms. The van der Waals surface area contributed by atoms with E-state index < -0.39 is 23.9 Å². The number of rotatable bonds is 3. The average Bonchev–Trinajstić information content (AvgIpc) is 2.97. The van der Waals surface area contributed by atoms with Gasteiger partial charge in [-0.1, -0.05) is 25.0 Å². The highest BCUT2D eigenvalue weighted by Crippen LogP contribution is 2.33. The SMILES string of the molecule is O=C(C[N+]1=C2c3ccccc3OC2C(=O)N(c2ccc(F)cc2)C1=O)N1CCCCCC1. The number of carbonyl (C=O) groups is 3. The van der Waals surface area contributed by atoms with Crippen molar-refractivity contribution >= 4 is 29.2 Å². The molecule has 5 rings (SSSR count). The minimum Gasteiger partial charge on any atom is -0.469 e. The van der Waals surface area contributed by atoms with Gasteiger partial charge in [0.25, 0.3) is 12.0 Å². The van der Waals surface area contributed by atoms with Crippen molar-refractivity contribution in [3.63, 3.8) is 0 Å². The quantitative estimate of drug-likeness (QED) is 0.694. The molecule has 164 valence electrons. The summed E-state index contributed by atoms with van der Waals surface area (Å²) < 4.78 is 20.7. The van der Waals surface area contributed by atoms with E-state index in [0.29, 0.717) is 30.1 Å². The van der Waals surface area contributed by atoms with Gasteiger partial charge in [0.15, 0.2) is 12.3 Å². The molecule has 7 nitrogen and oxygen atoms in total. The number of para-hydroxylation sites is 1. The van der Waals surface area contributed by atoms with Crippen molar-refractivity contribution in [2.45, 2.75) is 31.8 Å². The molecule has 8 heteroatoms. The van der Waals surface area contributed by atoms with E-state index in [0.717, 1.165) is 30.6 Å². The van der Waals surface area contributed by atoms with Gasteiger partial charge in [0.1, 0.15) is 17.3 Å². The summed E-state index contributed by atoms with van der Waals surface area (Å²) in [6, 6.07) is 11.6. The molecule has 32 heavy (non-hydrogen) atoms.